The highest BCUT2D eigenvalue weighted by Crippen LogP contribution is 2.25. The van der Waals surface area contributed by atoms with Gasteiger partial charge in [-0.05, 0) is 24.3 Å². The van der Waals surface area contributed by atoms with E-state index in [0.29, 0.717) is 11.6 Å². The number of nitrogens with zero attached hydrogens (tertiary/aromatic N) is 2. The van der Waals surface area contributed by atoms with Gasteiger partial charge in [-0.3, -0.25) is 0 Å². The zero-order valence-electron chi connectivity index (χ0n) is 13.0. The van der Waals surface area contributed by atoms with Crippen LogP contribution in [0.2, 0.25) is 0 Å². The number of benzene rings is 2. The van der Waals surface area contributed by atoms with Crippen LogP contribution in [0, 0.1) is 5.82 Å². The molecule has 3 aromatic rings. The maximum atomic E-state index is 14.1. The minimum Gasteiger partial charge on any atom is -0.336 e. The Kier molecular flexibility index (Phi) is 4.83. The molecule has 0 radical (unpaired) electrons. The largest absolute Gasteiger partial charge is 0.336 e. The molecule has 24 heavy (non-hydrogen) atoms. The summed E-state index contributed by atoms with van der Waals surface area (Å²) in [6, 6.07) is 16.9. The molecule has 0 aliphatic carbocycles. The van der Waals surface area contributed by atoms with Gasteiger partial charge in [0.2, 0.25) is 5.95 Å². The fourth-order valence-corrected chi connectivity index (χ4v) is 2.13. The molecule has 0 unspecified atom stereocenters. The first-order chi connectivity index (χ1) is 11.8. The predicted molar refractivity (Wildman–Crippen MR) is 94.1 cm³/mol. The average Bonchev–Trinajstić information content (AvgIpc) is 2.61. The van der Waals surface area contributed by atoms with Crippen molar-refractivity contribution in [3.63, 3.8) is 0 Å². The fraction of sp³-hybridized carbons (Fsp3) is 0.0588. The van der Waals surface area contributed by atoms with E-state index in [1.54, 1.807) is 7.05 Å². The SMILES string of the molecule is CNNc1ccccc1Nc1nc(Nc2ccccc2)ncc1F. The van der Waals surface area contributed by atoms with Crippen LogP contribution in [-0.4, -0.2) is 17.0 Å². The molecule has 0 fully saturated rings. The van der Waals surface area contributed by atoms with Gasteiger partial charge in [-0.1, -0.05) is 30.3 Å². The van der Waals surface area contributed by atoms with E-state index >= 15 is 0 Å². The van der Waals surface area contributed by atoms with Crippen LogP contribution in [0.15, 0.2) is 60.8 Å². The van der Waals surface area contributed by atoms with Gasteiger partial charge in [-0.2, -0.15) is 4.98 Å². The highest BCUT2D eigenvalue weighted by Gasteiger charge is 2.09. The molecule has 0 saturated carbocycles. The first kappa shape index (κ1) is 15.7. The average molecular weight is 324 g/mol. The summed E-state index contributed by atoms with van der Waals surface area (Å²) in [6.45, 7) is 0. The minimum atomic E-state index is -0.534. The number of nitrogens with one attached hydrogen (secondary N) is 4. The van der Waals surface area contributed by atoms with Gasteiger partial charge in [-0.25, -0.2) is 14.8 Å². The lowest BCUT2D eigenvalue weighted by Crippen LogP contribution is -2.16. The molecule has 6 nitrogen and oxygen atoms in total. The standard InChI is InChI=1S/C17H17FN6/c1-19-24-15-10-6-5-9-14(15)22-16-13(18)11-20-17(23-16)21-12-7-3-2-4-8-12/h2-11,19,24H,1H3,(H2,20,21,22,23). The van der Waals surface area contributed by atoms with E-state index in [2.05, 4.69) is 31.5 Å². The molecule has 0 spiro atoms. The van der Waals surface area contributed by atoms with Crippen LogP contribution < -0.4 is 21.5 Å². The number of rotatable bonds is 6. The van der Waals surface area contributed by atoms with Crippen molar-refractivity contribution in [3.8, 4) is 0 Å². The molecule has 1 heterocycles. The van der Waals surface area contributed by atoms with Crippen molar-refractivity contribution < 1.29 is 4.39 Å². The van der Waals surface area contributed by atoms with Gasteiger partial charge >= 0.3 is 0 Å². The number of para-hydroxylation sites is 3. The van der Waals surface area contributed by atoms with Crippen molar-refractivity contribution in [1.29, 1.82) is 0 Å². The van der Waals surface area contributed by atoms with E-state index in [-0.39, 0.29) is 5.82 Å². The first-order valence-electron chi connectivity index (χ1n) is 7.39. The Morgan fingerprint density at radius 1 is 0.875 bits per heavy atom. The van der Waals surface area contributed by atoms with Gasteiger partial charge < -0.3 is 16.1 Å². The van der Waals surface area contributed by atoms with Crippen LogP contribution in [0.4, 0.5) is 33.2 Å². The van der Waals surface area contributed by atoms with E-state index in [4.69, 9.17) is 0 Å². The molecule has 0 aliphatic heterocycles. The zero-order chi connectivity index (χ0) is 16.8. The van der Waals surface area contributed by atoms with Gasteiger partial charge in [0.25, 0.3) is 0 Å². The molecular formula is C17H17FN6. The van der Waals surface area contributed by atoms with Gasteiger partial charge in [0, 0.05) is 12.7 Å². The Balaban J connectivity index is 1.84. The molecule has 2 aromatic carbocycles. The summed E-state index contributed by atoms with van der Waals surface area (Å²) in [4.78, 5) is 8.18. The van der Waals surface area contributed by atoms with Crippen LogP contribution in [0.25, 0.3) is 0 Å². The summed E-state index contributed by atoms with van der Waals surface area (Å²) >= 11 is 0. The van der Waals surface area contributed by atoms with Crippen molar-refractivity contribution in [3.05, 3.63) is 66.6 Å². The molecule has 3 rings (SSSR count). The monoisotopic (exact) mass is 324 g/mol. The lowest BCUT2D eigenvalue weighted by molar-refractivity contribution is 0.619. The first-order valence-corrected chi connectivity index (χ1v) is 7.39. The molecule has 0 bridgehead atoms. The van der Waals surface area contributed by atoms with E-state index in [0.717, 1.165) is 17.6 Å². The summed E-state index contributed by atoms with van der Waals surface area (Å²) < 4.78 is 14.1. The third-order valence-electron chi connectivity index (χ3n) is 3.21. The third kappa shape index (κ3) is 3.76. The minimum absolute atomic E-state index is 0.0915. The number of aromatic nitrogens is 2. The molecular weight excluding hydrogens is 307 g/mol. The Morgan fingerprint density at radius 3 is 2.33 bits per heavy atom. The molecule has 122 valence electrons. The zero-order valence-corrected chi connectivity index (χ0v) is 13.0. The van der Waals surface area contributed by atoms with E-state index < -0.39 is 5.82 Å². The molecule has 1 aromatic heterocycles. The highest BCUT2D eigenvalue weighted by molar-refractivity contribution is 5.73. The van der Waals surface area contributed by atoms with Gasteiger partial charge in [0.1, 0.15) is 0 Å². The lowest BCUT2D eigenvalue weighted by Gasteiger charge is -2.13. The van der Waals surface area contributed by atoms with E-state index in [1.165, 1.54) is 0 Å². The van der Waals surface area contributed by atoms with Crippen LogP contribution in [-0.2, 0) is 0 Å². The number of halogens is 1. The second kappa shape index (κ2) is 7.38. The number of hydrazine groups is 1. The molecule has 0 amide bonds. The van der Waals surface area contributed by atoms with Gasteiger partial charge in [0.15, 0.2) is 11.6 Å². The van der Waals surface area contributed by atoms with Gasteiger partial charge in [-0.15, -0.1) is 0 Å². The highest BCUT2D eigenvalue weighted by atomic mass is 19.1. The lowest BCUT2D eigenvalue weighted by atomic mass is 10.2. The van der Waals surface area contributed by atoms with E-state index in [9.17, 15) is 4.39 Å². The van der Waals surface area contributed by atoms with Crippen LogP contribution in [0.5, 0.6) is 0 Å². The summed E-state index contributed by atoms with van der Waals surface area (Å²) in [6.07, 6.45) is 1.13. The summed E-state index contributed by atoms with van der Waals surface area (Å²) in [5.41, 5.74) is 8.11. The normalized spacial score (nSPS) is 10.2. The van der Waals surface area contributed by atoms with E-state index in [1.807, 2.05) is 54.6 Å². The van der Waals surface area contributed by atoms with Crippen molar-refractivity contribution >= 4 is 28.8 Å². The van der Waals surface area contributed by atoms with Crippen LogP contribution in [0.1, 0.15) is 0 Å². The molecule has 0 saturated heterocycles. The van der Waals surface area contributed by atoms with Crippen molar-refractivity contribution in [1.82, 2.24) is 15.4 Å². The van der Waals surface area contributed by atoms with Crippen molar-refractivity contribution in [2.45, 2.75) is 0 Å². The number of anilines is 5. The third-order valence-corrected chi connectivity index (χ3v) is 3.21. The molecule has 4 N–H and O–H groups in total. The maximum Gasteiger partial charge on any atom is 0.229 e. The fourth-order valence-electron chi connectivity index (χ4n) is 2.13. The van der Waals surface area contributed by atoms with Crippen LogP contribution in [0.3, 0.4) is 0 Å². The Labute approximate surface area is 139 Å². The number of hydrogen-bond donors (Lipinski definition) is 4. The quantitative estimate of drug-likeness (QED) is 0.519. The number of hydrogen-bond acceptors (Lipinski definition) is 6. The van der Waals surface area contributed by atoms with Crippen molar-refractivity contribution in [2.24, 2.45) is 0 Å². The summed E-state index contributed by atoms with van der Waals surface area (Å²) in [5.74, 6) is -0.134. The predicted octanol–water partition coefficient (Wildman–Crippen LogP) is 3.65. The summed E-state index contributed by atoms with van der Waals surface area (Å²) in [5, 5.41) is 6.02. The molecule has 0 atom stereocenters. The Hall–Kier alpha value is -3.19. The topological polar surface area (TPSA) is 73.9 Å². The van der Waals surface area contributed by atoms with Gasteiger partial charge in [0.05, 0.1) is 17.6 Å². The second-order valence-corrected chi connectivity index (χ2v) is 4.93. The maximum absolute atomic E-state index is 14.1. The van der Waals surface area contributed by atoms with Crippen molar-refractivity contribution in [2.75, 3.05) is 23.1 Å². The molecule has 0 aliphatic rings. The smallest absolute Gasteiger partial charge is 0.229 e. The Morgan fingerprint density at radius 2 is 1.58 bits per heavy atom. The Bertz CT molecular complexity index is 809. The summed E-state index contributed by atoms with van der Waals surface area (Å²) in [7, 11) is 1.75. The van der Waals surface area contributed by atoms with Crippen LogP contribution >= 0.6 is 0 Å². The second-order valence-electron chi connectivity index (χ2n) is 4.93. The molecule has 7 heteroatoms.